The first-order valence-electron chi connectivity index (χ1n) is 7.64. The Kier molecular flexibility index (Phi) is 5.13. The van der Waals surface area contributed by atoms with Crippen LogP contribution in [0.2, 0.25) is 0 Å². The van der Waals surface area contributed by atoms with Crippen LogP contribution in [0.1, 0.15) is 31.1 Å². The van der Waals surface area contributed by atoms with E-state index in [-0.39, 0.29) is 18.2 Å². The molecule has 0 bridgehead atoms. The molecule has 0 aromatic heterocycles. The first-order valence-corrected chi connectivity index (χ1v) is 7.64. The summed E-state index contributed by atoms with van der Waals surface area (Å²) in [4.78, 5) is 12.3. The topological polar surface area (TPSA) is 112 Å². The molecular formula is C16H26N4O3. The molecular weight excluding hydrogens is 296 g/mol. The van der Waals surface area contributed by atoms with Crippen molar-refractivity contribution in [3.63, 3.8) is 0 Å². The highest BCUT2D eigenvalue weighted by molar-refractivity contribution is 5.95. The SMILES string of the molecule is CC(N)(CN)CNC(C)(C)CNC(=O)c1ccc2c(c1)OCO2. The molecule has 1 atom stereocenters. The number of hydrogen-bond acceptors (Lipinski definition) is 6. The van der Waals surface area contributed by atoms with Crippen LogP contribution in [0, 0.1) is 0 Å². The van der Waals surface area contributed by atoms with Gasteiger partial charge in [0.05, 0.1) is 0 Å². The van der Waals surface area contributed by atoms with Crippen molar-refractivity contribution in [2.24, 2.45) is 11.5 Å². The molecule has 0 saturated carbocycles. The fourth-order valence-corrected chi connectivity index (χ4v) is 2.02. The average Bonchev–Trinajstić information content (AvgIpc) is 2.98. The number of ether oxygens (including phenoxy) is 2. The van der Waals surface area contributed by atoms with Crippen LogP contribution in [0.4, 0.5) is 0 Å². The van der Waals surface area contributed by atoms with Gasteiger partial charge in [-0.05, 0) is 39.0 Å². The van der Waals surface area contributed by atoms with Gasteiger partial charge in [-0.3, -0.25) is 4.79 Å². The van der Waals surface area contributed by atoms with Crippen molar-refractivity contribution in [3.05, 3.63) is 23.8 Å². The zero-order valence-corrected chi connectivity index (χ0v) is 13.9. The predicted molar refractivity (Wildman–Crippen MR) is 88.6 cm³/mol. The normalized spacial score (nSPS) is 16.0. The van der Waals surface area contributed by atoms with E-state index in [1.165, 1.54) is 0 Å². The van der Waals surface area contributed by atoms with Crippen molar-refractivity contribution in [2.45, 2.75) is 31.8 Å². The van der Waals surface area contributed by atoms with E-state index >= 15 is 0 Å². The van der Waals surface area contributed by atoms with Gasteiger partial charge in [-0.15, -0.1) is 0 Å². The monoisotopic (exact) mass is 322 g/mol. The van der Waals surface area contributed by atoms with Gasteiger partial charge < -0.3 is 31.6 Å². The molecule has 7 heteroatoms. The Labute approximate surface area is 136 Å². The zero-order chi connectivity index (χ0) is 17.1. The fourth-order valence-electron chi connectivity index (χ4n) is 2.02. The van der Waals surface area contributed by atoms with E-state index in [0.717, 1.165) is 0 Å². The molecule has 6 N–H and O–H groups in total. The van der Waals surface area contributed by atoms with Gasteiger partial charge in [-0.25, -0.2) is 0 Å². The summed E-state index contributed by atoms with van der Waals surface area (Å²) in [5, 5.41) is 6.25. The molecule has 0 saturated heterocycles. The summed E-state index contributed by atoms with van der Waals surface area (Å²) in [6, 6.07) is 5.14. The average molecular weight is 322 g/mol. The van der Waals surface area contributed by atoms with Crippen molar-refractivity contribution in [1.29, 1.82) is 0 Å². The van der Waals surface area contributed by atoms with Crippen molar-refractivity contribution < 1.29 is 14.3 Å². The molecule has 2 rings (SSSR count). The molecule has 128 valence electrons. The summed E-state index contributed by atoms with van der Waals surface area (Å²) < 4.78 is 10.5. The Bertz CT molecular complexity index is 572. The smallest absolute Gasteiger partial charge is 0.251 e. The second kappa shape index (κ2) is 6.74. The molecule has 1 aliphatic heterocycles. The minimum Gasteiger partial charge on any atom is -0.454 e. The number of nitrogens with one attached hydrogen (secondary N) is 2. The summed E-state index contributed by atoms with van der Waals surface area (Å²) >= 11 is 0. The molecule has 1 amide bonds. The highest BCUT2D eigenvalue weighted by Gasteiger charge is 2.24. The van der Waals surface area contributed by atoms with Crippen LogP contribution in [-0.2, 0) is 0 Å². The van der Waals surface area contributed by atoms with Crippen LogP contribution >= 0.6 is 0 Å². The minimum atomic E-state index is -0.474. The second-order valence-electron chi connectivity index (χ2n) is 6.85. The molecule has 0 aliphatic carbocycles. The van der Waals surface area contributed by atoms with Gasteiger partial charge in [0.25, 0.3) is 5.91 Å². The van der Waals surface area contributed by atoms with Crippen LogP contribution in [-0.4, -0.2) is 43.4 Å². The Morgan fingerprint density at radius 1 is 1.22 bits per heavy atom. The van der Waals surface area contributed by atoms with E-state index in [1.807, 2.05) is 20.8 Å². The van der Waals surface area contributed by atoms with E-state index < -0.39 is 5.54 Å². The number of rotatable bonds is 7. The maximum Gasteiger partial charge on any atom is 0.251 e. The van der Waals surface area contributed by atoms with Crippen molar-refractivity contribution in [3.8, 4) is 11.5 Å². The van der Waals surface area contributed by atoms with E-state index in [0.29, 0.717) is 36.7 Å². The number of fused-ring (bicyclic) bond motifs is 1. The summed E-state index contributed by atoms with van der Waals surface area (Å²) in [6.45, 7) is 7.49. The number of hydrogen-bond donors (Lipinski definition) is 4. The van der Waals surface area contributed by atoms with E-state index in [2.05, 4.69) is 10.6 Å². The lowest BCUT2D eigenvalue weighted by Gasteiger charge is -2.32. The maximum absolute atomic E-state index is 12.3. The lowest BCUT2D eigenvalue weighted by molar-refractivity contribution is 0.0941. The Morgan fingerprint density at radius 2 is 1.91 bits per heavy atom. The maximum atomic E-state index is 12.3. The van der Waals surface area contributed by atoms with Gasteiger partial charge in [-0.1, -0.05) is 0 Å². The van der Waals surface area contributed by atoms with E-state index in [9.17, 15) is 4.79 Å². The third kappa shape index (κ3) is 4.82. The Morgan fingerprint density at radius 3 is 2.61 bits per heavy atom. The molecule has 7 nitrogen and oxygen atoms in total. The van der Waals surface area contributed by atoms with Crippen LogP contribution in [0.5, 0.6) is 11.5 Å². The highest BCUT2D eigenvalue weighted by Crippen LogP contribution is 2.32. The van der Waals surface area contributed by atoms with Gasteiger partial charge in [0.15, 0.2) is 11.5 Å². The van der Waals surface area contributed by atoms with Gasteiger partial charge in [0.2, 0.25) is 6.79 Å². The first-order chi connectivity index (χ1) is 10.7. The lowest BCUT2D eigenvalue weighted by atomic mass is 10.00. The first kappa shape index (κ1) is 17.5. The summed E-state index contributed by atoms with van der Waals surface area (Å²) in [7, 11) is 0. The molecule has 0 spiro atoms. The molecule has 1 heterocycles. The van der Waals surface area contributed by atoms with Crippen LogP contribution in [0.3, 0.4) is 0 Å². The van der Waals surface area contributed by atoms with E-state index in [4.69, 9.17) is 20.9 Å². The standard InChI is InChI=1S/C16H26N4O3/c1-15(2,20-9-16(3,18)7-17)8-19-14(21)11-4-5-12-13(6-11)23-10-22-12/h4-6,20H,7-10,17-18H2,1-3H3,(H,19,21). The third-order valence-corrected chi connectivity index (χ3v) is 3.76. The quantitative estimate of drug-likeness (QED) is 0.570. The number of carbonyl (C=O) groups excluding carboxylic acids is 1. The highest BCUT2D eigenvalue weighted by atomic mass is 16.7. The molecule has 0 fully saturated rings. The fraction of sp³-hybridized carbons (Fsp3) is 0.562. The number of carbonyl (C=O) groups is 1. The van der Waals surface area contributed by atoms with Crippen molar-refractivity contribution in [1.82, 2.24) is 10.6 Å². The zero-order valence-electron chi connectivity index (χ0n) is 13.9. The molecule has 1 aliphatic rings. The Balaban J connectivity index is 1.88. The van der Waals surface area contributed by atoms with E-state index in [1.54, 1.807) is 18.2 Å². The Hall–Kier alpha value is -1.83. The van der Waals surface area contributed by atoms with Gasteiger partial charge in [-0.2, -0.15) is 0 Å². The molecule has 0 radical (unpaired) electrons. The predicted octanol–water partition coefficient (Wildman–Crippen LogP) is 0.189. The minimum absolute atomic E-state index is 0.160. The molecule has 1 aromatic carbocycles. The van der Waals surface area contributed by atoms with Gasteiger partial charge in [0.1, 0.15) is 0 Å². The molecule has 23 heavy (non-hydrogen) atoms. The van der Waals surface area contributed by atoms with Gasteiger partial charge in [0, 0.05) is 36.3 Å². The third-order valence-electron chi connectivity index (χ3n) is 3.76. The van der Waals surface area contributed by atoms with Crippen molar-refractivity contribution >= 4 is 5.91 Å². The number of amides is 1. The molecule has 1 unspecified atom stereocenters. The largest absolute Gasteiger partial charge is 0.454 e. The number of nitrogens with two attached hydrogens (primary N) is 2. The number of benzene rings is 1. The van der Waals surface area contributed by atoms with Crippen molar-refractivity contribution in [2.75, 3.05) is 26.4 Å². The molecule has 1 aromatic rings. The van der Waals surface area contributed by atoms with Crippen LogP contribution in [0.15, 0.2) is 18.2 Å². The van der Waals surface area contributed by atoms with Crippen LogP contribution in [0.25, 0.3) is 0 Å². The van der Waals surface area contributed by atoms with Gasteiger partial charge >= 0.3 is 0 Å². The second-order valence-corrected chi connectivity index (χ2v) is 6.85. The summed E-state index contributed by atoms with van der Waals surface area (Å²) in [6.07, 6.45) is 0. The summed E-state index contributed by atoms with van der Waals surface area (Å²) in [5.74, 6) is 1.09. The lowest BCUT2D eigenvalue weighted by Crippen LogP contribution is -2.58. The summed E-state index contributed by atoms with van der Waals surface area (Å²) in [5.41, 5.74) is 11.4. The van der Waals surface area contributed by atoms with Crippen LogP contribution < -0.4 is 31.6 Å².